The number of ether oxygens (including phenoxy) is 1. The lowest BCUT2D eigenvalue weighted by molar-refractivity contribution is -0.140. The van der Waals surface area contributed by atoms with E-state index < -0.39 is 36.0 Å². The highest BCUT2D eigenvalue weighted by Crippen LogP contribution is 2.31. The van der Waals surface area contributed by atoms with E-state index in [1.54, 1.807) is 37.3 Å². The van der Waals surface area contributed by atoms with E-state index in [0.29, 0.717) is 16.1 Å². The minimum atomic E-state index is -1.30. The molecule has 1 atom stereocenters. The van der Waals surface area contributed by atoms with Crippen molar-refractivity contribution in [3.8, 4) is 0 Å². The number of Topliss-reactive ketones (excluding diaryl/α,β-unsaturated/α-hetero) is 1. The van der Waals surface area contributed by atoms with Gasteiger partial charge in [0.1, 0.15) is 11.2 Å². The summed E-state index contributed by atoms with van der Waals surface area (Å²) in [5.41, 5.74) is 1.74. The molecule has 0 radical (unpaired) electrons. The third-order valence-corrected chi connectivity index (χ3v) is 4.77. The smallest absolute Gasteiger partial charge is 0.355 e. The molecular formula is C20H20N4O6. The zero-order valence-electron chi connectivity index (χ0n) is 16.4. The average molecular weight is 412 g/mol. The van der Waals surface area contributed by atoms with Gasteiger partial charge in [0.25, 0.3) is 11.8 Å². The molecule has 0 saturated carbocycles. The molecule has 0 aliphatic carbocycles. The lowest BCUT2D eigenvalue weighted by atomic mass is 9.87. The number of benzene rings is 1. The van der Waals surface area contributed by atoms with Crippen LogP contribution in [-0.4, -0.2) is 46.2 Å². The molecule has 1 unspecified atom stereocenters. The molecule has 10 heteroatoms. The Morgan fingerprint density at radius 2 is 1.87 bits per heavy atom. The lowest BCUT2D eigenvalue weighted by Gasteiger charge is -2.25. The summed E-state index contributed by atoms with van der Waals surface area (Å²) < 4.78 is 4.86. The largest absolute Gasteiger partial charge is 0.451 e. The van der Waals surface area contributed by atoms with Gasteiger partial charge in [-0.05, 0) is 25.0 Å². The average Bonchev–Trinajstić information content (AvgIpc) is 3.33. The van der Waals surface area contributed by atoms with Crippen molar-refractivity contribution >= 4 is 29.6 Å². The monoisotopic (exact) mass is 412 g/mol. The van der Waals surface area contributed by atoms with Gasteiger partial charge in [-0.2, -0.15) is 5.01 Å². The van der Waals surface area contributed by atoms with Gasteiger partial charge < -0.3 is 15.0 Å². The van der Waals surface area contributed by atoms with Gasteiger partial charge in [-0.15, -0.1) is 0 Å². The number of rotatable bonds is 7. The number of amides is 4. The number of nitrogens with one attached hydrogen (secondary N) is 3. The van der Waals surface area contributed by atoms with E-state index in [1.165, 1.54) is 19.2 Å². The van der Waals surface area contributed by atoms with Crippen molar-refractivity contribution in [3.63, 3.8) is 0 Å². The Labute approximate surface area is 171 Å². The van der Waals surface area contributed by atoms with Crippen molar-refractivity contribution in [1.82, 2.24) is 20.7 Å². The molecule has 30 heavy (non-hydrogen) atoms. The Morgan fingerprint density at radius 1 is 1.17 bits per heavy atom. The maximum absolute atomic E-state index is 12.9. The first-order valence-electron chi connectivity index (χ1n) is 9.16. The molecule has 156 valence electrons. The van der Waals surface area contributed by atoms with Crippen LogP contribution in [0.5, 0.6) is 0 Å². The summed E-state index contributed by atoms with van der Waals surface area (Å²) in [4.78, 5) is 63.2. The van der Waals surface area contributed by atoms with Crippen LogP contribution in [0.15, 0.2) is 42.6 Å². The molecular weight excluding hydrogens is 392 g/mol. The van der Waals surface area contributed by atoms with Gasteiger partial charge in [0, 0.05) is 11.8 Å². The van der Waals surface area contributed by atoms with Crippen molar-refractivity contribution in [1.29, 1.82) is 0 Å². The molecule has 1 fully saturated rings. The number of H-pyrrole nitrogens is 1. The molecule has 0 spiro atoms. The second kappa shape index (κ2) is 8.19. The first-order chi connectivity index (χ1) is 14.3. The summed E-state index contributed by atoms with van der Waals surface area (Å²) in [5.74, 6) is -2.61. The van der Waals surface area contributed by atoms with E-state index >= 15 is 0 Å². The van der Waals surface area contributed by atoms with Crippen molar-refractivity contribution in [2.24, 2.45) is 0 Å². The molecule has 1 aromatic heterocycles. The summed E-state index contributed by atoms with van der Waals surface area (Å²) in [5, 5.41) is 3.20. The lowest BCUT2D eigenvalue weighted by Crippen LogP contribution is -2.49. The number of imide groups is 1. The number of esters is 1. The molecule has 1 saturated heterocycles. The van der Waals surface area contributed by atoms with Gasteiger partial charge >= 0.3 is 12.0 Å². The van der Waals surface area contributed by atoms with Crippen LogP contribution in [0.2, 0.25) is 0 Å². The summed E-state index contributed by atoms with van der Waals surface area (Å²) in [7, 11) is 0. The maximum Gasteiger partial charge on any atom is 0.355 e. The van der Waals surface area contributed by atoms with E-state index in [4.69, 9.17) is 4.74 Å². The minimum Gasteiger partial charge on any atom is -0.451 e. The fourth-order valence-electron chi connectivity index (χ4n) is 3.12. The predicted molar refractivity (Wildman–Crippen MR) is 103 cm³/mol. The number of carbonyl (C=O) groups is 5. The number of aromatic nitrogens is 1. The summed E-state index contributed by atoms with van der Waals surface area (Å²) in [6.07, 6.45) is 1.62. The summed E-state index contributed by atoms with van der Waals surface area (Å²) >= 11 is 0. The number of ketones is 1. The van der Waals surface area contributed by atoms with Crippen LogP contribution in [0, 0.1) is 0 Å². The molecule has 0 bridgehead atoms. The first kappa shape index (κ1) is 20.8. The van der Waals surface area contributed by atoms with E-state index in [9.17, 15) is 24.0 Å². The Hall–Kier alpha value is -3.95. The van der Waals surface area contributed by atoms with Crippen LogP contribution in [0.1, 0.15) is 46.7 Å². The molecule has 3 rings (SSSR count). The third kappa shape index (κ3) is 3.79. The maximum atomic E-state index is 12.9. The molecule has 1 aliphatic heterocycles. The Balaban J connectivity index is 1.63. The van der Waals surface area contributed by atoms with E-state index in [1.807, 2.05) is 0 Å². The second-order valence-corrected chi connectivity index (χ2v) is 6.66. The van der Waals surface area contributed by atoms with Crippen LogP contribution in [0.25, 0.3) is 0 Å². The van der Waals surface area contributed by atoms with Crippen LogP contribution in [0.3, 0.4) is 0 Å². The quantitative estimate of drug-likeness (QED) is 0.356. The molecule has 1 aromatic carbocycles. The van der Waals surface area contributed by atoms with E-state index in [2.05, 4.69) is 15.7 Å². The highest BCUT2D eigenvalue weighted by molar-refractivity contribution is 6.08. The standard InChI is InChI=1S/C20H20N4O6/c1-3-20(14-7-5-4-6-8-14)18(28)24(19(29)22-20)23-16(26)11-30-17(27)15-9-13(10-21-15)12(2)25/h4-10,21H,3,11H2,1-2H3,(H,22,29)(H,23,26). The first-order valence-corrected chi connectivity index (χ1v) is 9.16. The van der Waals surface area contributed by atoms with Gasteiger partial charge in [0.05, 0.1) is 0 Å². The molecule has 2 heterocycles. The fraction of sp³-hybridized carbons (Fsp3) is 0.250. The number of nitrogens with zero attached hydrogens (tertiary/aromatic N) is 1. The zero-order valence-corrected chi connectivity index (χ0v) is 16.4. The highest BCUT2D eigenvalue weighted by Gasteiger charge is 2.52. The number of carbonyl (C=O) groups excluding carboxylic acids is 5. The molecule has 4 amide bonds. The van der Waals surface area contributed by atoms with Crippen molar-refractivity contribution < 1.29 is 28.7 Å². The van der Waals surface area contributed by atoms with E-state index in [-0.39, 0.29) is 17.9 Å². The third-order valence-electron chi connectivity index (χ3n) is 4.77. The second-order valence-electron chi connectivity index (χ2n) is 6.66. The number of aromatic amines is 1. The van der Waals surface area contributed by atoms with Crippen LogP contribution < -0.4 is 10.7 Å². The van der Waals surface area contributed by atoms with Gasteiger partial charge in [-0.25, -0.2) is 9.59 Å². The normalized spacial score (nSPS) is 18.1. The van der Waals surface area contributed by atoms with Crippen LogP contribution in [0.4, 0.5) is 4.79 Å². The molecule has 2 aromatic rings. The molecule has 10 nitrogen and oxygen atoms in total. The Morgan fingerprint density at radius 3 is 2.47 bits per heavy atom. The summed E-state index contributed by atoms with van der Waals surface area (Å²) in [6.45, 7) is 2.36. The van der Waals surface area contributed by atoms with Crippen LogP contribution in [-0.2, 0) is 19.9 Å². The van der Waals surface area contributed by atoms with Crippen molar-refractivity contribution in [3.05, 3.63) is 59.4 Å². The minimum absolute atomic E-state index is 0.00271. The van der Waals surface area contributed by atoms with Gasteiger partial charge in [-0.1, -0.05) is 37.3 Å². The Bertz CT molecular complexity index is 1020. The van der Waals surface area contributed by atoms with Crippen molar-refractivity contribution in [2.75, 3.05) is 6.61 Å². The highest BCUT2D eigenvalue weighted by atomic mass is 16.5. The zero-order chi connectivity index (χ0) is 21.9. The number of urea groups is 1. The summed E-state index contributed by atoms with van der Waals surface area (Å²) in [6, 6.07) is 9.19. The Kier molecular flexibility index (Phi) is 5.67. The molecule has 3 N–H and O–H groups in total. The van der Waals surface area contributed by atoms with Gasteiger partial charge in [0.2, 0.25) is 0 Å². The number of hydrazine groups is 1. The fourth-order valence-corrected chi connectivity index (χ4v) is 3.12. The molecule has 1 aliphatic rings. The van der Waals surface area contributed by atoms with Gasteiger partial charge in [0.15, 0.2) is 12.4 Å². The predicted octanol–water partition coefficient (Wildman–Crippen LogP) is 1.26. The van der Waals surface area contributed by atoms with E-state index in [0.717, 1.165) is 0 Å². The van der Waals surface area contributed by atoms with Crippen molar-refractivity contribution in [2.45, 2.75) is 25.8 Å². The SMILES string of the molecule is CCC1(c2ccccc2)NC(=O)N(NC(=O)COC(=O)c2cc(C(C)=O)c[nH]2)C1=O. The number of hydrogen-bond donors (Lipinski definition) is 3. The van der Waals surface area contributed by atoms with Crippen LogP contribution >= 0.6 is 0 Å². The number of hydrogen-bond acceptors (Lipinski definition) is 6. The van der Waals surface area contributed by atoms with Gasteiger partial charge in [-0.3, -0.25) is 19.8 Å². The topological polar surface area (TPSA) is 138 Å².